The summed E-state index contributed by atoms with van der Waals surface area (Å²) in [5.74, 6) is 2.11. The molecule has 0 spiro atoms. The summed E-state index contributed by atoms with van der Waals surface area (Å²) >= 11 is 0. The number of sulfonamides is 1. The molecule has 140 valence electrons. The summed E-state index contributed by atoms with van der Waals surface area (Å²) in [6.07, 6.45) is 7.71. The van der Waals surface area contributed by atoms with Gasteiger partial charge in [-0.3, -0.25) is 4.79 Å². The molecule has 0 aliphatic carbocycles. The molecule has 1 N–H and O–H groups in total. The maximum Gasteiger partial charge on any atom is 0.292 e. The van der Waals surface area contributed by atoms with Gasteiger partial charge in [0, 0.05) is 25.7 Å². The largest absolute Gasteiger partial charge is 0.402 e. The maximum atomic E-state index is 12.9. The van der Waals surface area contributed by atoms with Crippen molar-refractivity contribution in [3.8, 4) is 12.0 Å². The molecule has 0 aromatic heterocycles. The van der Waals surface area contributed by atoms with E-state index in [0.29, 0.717) is 18.8 Å². The third-order valence-corrected chi connectivity index (χ3v) is 5.94. The van der Waals surface area contributed by atoms with E-state index in [1.807, 2.05) is 0 Å². The molecule has 1 fully saturated rings. The first-order valence-corrected chi connectivity index (χ1v) is 10.1. The summed E-state index contributed by atoms with van der Waals surface area (Å²) in [6, 6.07) is 6.27. The molecule has 0 radical (unpaired) electrons. The fourth-order valence-electron chi connectivity index (χ4n) is 2.70. The fourth-order valence-corrected chi connectivity index (χ4v) is 4.26. The van der Waals surface area contributed by atoms with Gasteiger partial charge in [0.2, 0.25) is 15.8 Å². The van der Waals surface area contributed by atoms with Crippen LogP contribution >= 0.6 is 0 Å². The van der Waals surface area contributed by atoms with Crippen LogP contribution in [0, 0.1) is 12.0 Å². The van der Waals surface area contributed by atoms with Crippen LogP contribution in [-0.2, 0) is 19.6 Å². The molecule has 0 unspecified atom stereocenters. The molecule has 1 heterocycles. The van der Waals surface area contributed by atoms with Crippen LogP contribution in [0.3, 0.4) is 0 Å². The molecule has 1 saturated heterocycles. The standard InChI is InChI=1S/C19H24N2O4S/c1-3-14-25-18(4-2)19(22)20-16-10-9-11-17(15-16)26(23,24)21-12-7-5-6-8-13-21/h4,9-11,15H,5-8,12-13H2,1-2H3,(H,20,22)/b18-4-. The number of benzene rings is 1. The number of allylic oxidation sites excluding steroid dienone is 1. The number of amides is 1. The highest BCUT2D eigenvalue weighted by molar-refractivity contribution is 7.89. The van der Waals surface area contributed by atoms with E-state index in [1.54, 1.807) is 32.0 Å². The second-order valence-corrected chi connectivity index (χ2v) is 7.85. The van der Waals surface area contributed by atoms with Gasteiger partial charge in [0.15, 0.2) is 0 Å². The summed E-state index contributed by atoms with van der Waals surface area (Å²) in [5, 5.41) is 2.65. The van der Waals surface area contributed by atoms with Crippen LogP contribution in [-0.4, -0.2) is 31.7 Å². The van der Waals surface area contributed by atoms with Crippen LogP contribution in [0.25, 0.3) is 0 Å². The minimum absolute atomic E-state index is 0.0557. The molecule has 1 aromatic carbocycles. The number of hydrogen-bond donors (Lipinski definition) is 1. The molecular formula is C19H24N2O4S. The summed E-state index contributed by atoms with van der Waals surface area (Å²) in [5.41, 5.74) is 0.387. The highest BCUT2D eigenvalue weighted by atomic mass is 32.2. The Labute approximate surface area is 155 Å². The summed E-state index contributed by atoms with van der Waals surface area (Å²) in [7, 11) is -3.57. The SMILES string of the molecule is CC#CO/C(=C\C)C(=O)Nc1cccc(S(=O)(=O)N2CCCCCC2)c1. The lowest BCUT2D eigenvalue weighted by molar-refractivity contribution is -0.115. The van der Waals surface area contributed by atoms with E-state index < -0.39 is 15.9 Å². The van der Waals surface area contributed by atoms with Gasteiger partial charge in [-0.1, -0.05) is 24.8 Å². The van der Waals surface area contributed by atoms with Gasteiger partial charge in [0.05, 0.1) is 4.90 Å². The van der Waals surface area contributed by atoms with Crippen molar-refractivity contribution in [1.29, 1.82) is 0 Å². The Morgan fingerprint density at radius 2 is 1.92 bits per heavy atom. The third-order valence-electron chi connectivity index (χ3n) is 4.04. The zero-order valence-corrected chi connectivity index (χ0v) is 15.9. The number of carbonyl (C=O) groups excluding carboxylic acids is 1. The van der Waals surface area contributed by atoms with Crippen molar-refractivity contribution in [2.75, 3.05) is 18.4 Å². The highest BCUT2D eigenvalue weighted by Gasteiger charge is 2.25. The van der Waals surface area contributed by atoms with Crippen molar-refractivity contribution in [2.24, 2.45) is 0 Å². The predicted octanol–water partition coefficient (Wildman–Crippen LogP) is 3.09. The van der Waals surface area contributed by atoms with Crippen molar-refractivity contribution in [3.05, 3.63) is 36.1 Å². The monoisotopic (exact) mass is 376 g/mol. The Morgan fingerprint density at radius 3 is 2.54 bits per heavy atom. The molecule has 6 nitrogen and oxygen atoms in total. The zero-order valence-electron chi connectivity index (χ0n) is 15.1. The number of rotatable bonds is 5. The van der Waals surface area contributed by atoms with Crippen LogP contribution in [0.1, 0.15) is 39.5 Å². The van der Waals surface area contributed by atoms with Crippen LogP contribution in [0.2, 0.25) is 0 Å². The molecule has 0 bridgehead atoms. The molecule has 1 aliphatic rings. The topological polar surface area (TPSA) is 75.7 Å². The molecule has 2 rings (SSSR count). The lowest BCUT2D eigenvalue weighted by atomic mass is 10.2. The molecule has 26 heavy (non-hydrogen) atoms. The van der Waals surface area contributed by atoms with Gasteiger partial charge < -0.3 is 10.1 Å². The summed E-state index contributed by atoms with van der Waals surface area (Å²) in [4.78, 5) is 12.4. The van der Waals surface area contributed by atoms with Crippen LogP contribution in [0.15, 0.2) is 41.0 Å². The van der Waals surface area contributed by atoms with Gasteiger partial charge in [0.25, 0.3) is 5.91 Å². The van der Waals surface area contributed by atoms with E-state index in [1.165, 1.54) is 16.4 Å². The maximum absolute atomic E-state index is 12.9. The predicted molar refractivity (Wildman–Crippen MR) is 101 cm³/mol. The van der Waals surface area contributed by atoms with Crippen LogP contribution in [0.5, 0.6) is 0 Å². The van der Waals surface area contributed by atoms with E-state index in [-0.39, 0.29) is 10.7 Å². The first-order valence-electron chi connectivity index (χ1n) is 8.65. The van der Waals surface area contributed by atoms with Crippen LogP contribution in [0.4, 0.5) is 5.69 Å². The van der Waals surface area contributed by atoms with E-state index in [0.717, 1.165) is 25.7 Å². The minimum Gasteiger partial charge on any atom is -0.402 e. The number of carbonyl (C=O) groups is 1. The number of nitrogens with one attached hydrogen (secondary N) is 1. The Kier molecular flexibility index (Phi) is 7.25. The molecule has 0 saturated carbocycles. The van der Waals surface area contributed by atoms with E-state index in [4.69, 9.17) is 4.74 Å². The zero-order chi connectivity index (χ0) is 19.0. The first kappa shape index (κ1) is 20.0. The quantitative estimate of drug-likeness (QED) is 0.487. The normalized spacial score (nSPS) is 16.2. The molecule has 1 aromatic rings. The Bertz CT molecular complexity index is 827. The molecular weight excluding hydrogens is 352 g/mol. The lowest BCUT2D eigenvalue weighted by Gasteiger charge is -2.20. The van der Waals surface area contributed by atoms with Gasteiger partial charge >= 0.3 is 0 Å². The number of hydrogen-bond acceptors (Lipinski definition) is 4. The third kappa shape index (κ3) is 5.10. The summed E-state index contributed by atoms with van der Waals surface area (Å²) in [6.45, 7) is 4.32. The second kappa shape index (κ2) is 9.41. The van der Waals surface area contributed by atoms with E-state index >= 15 is 0 Å². The van der Waals surface area contributed by atoms with Crippen LogP contribution < -0.4 is 5.32 Å². The van der Waals surface area contributed by atoms with Gasteiger partial charge in [-0.15, -0.1) is 0 Å². The smallest absolute Gasteiger partial charge is 0.292 e. The van der Waals surface area contributed by atoms with Gasteiger partial charge in [-0.05, 0) is 44.0 Å². The van der Waals surface area contributed by atoms with Crippen molar-refractivity contribution >= 4 is 21.6 Å². The van der Waals surface area contributed by atoms with Gasteiger partial charge in [-0.25, -0.2) is 8.42 Å². The highest BCUT2D eigenvalue weighted by Crippen LogP contribution is 2.23. The molecule has 1 aliphatic heterocycles. The lowest BCUT2D eigenvalue weighted by Crippen LogP contribution is -2.32. The molecule has 1 amide bonds. The fraction of sp³-hybridized carbons (Fsp3) is 0.421. The van der Waals surface area contributed by atoms with Crippen molar-refractivity contribution < 1.29 is 17.9 Å². The van der Waals surface area contributed by atoms with Gasteiger partial charge in [0.1, 0.15) is 6.11 Å². The van der Waals surface area contributed by atoms with Crippen molar-refractivity contribution in [2.45, 2.75) is 44.4 Å². The average Bonchev–Trinajstić information content (AvgIpc) is 2.92. The summed E-state index contributed by atoms with van der Waals surface area (Å²) < 4.78 is 32.3. The second-order valence-electron chi connectivity index (χ2n) is 5.91. The number of nitrogens with zero attached hydrogens (tertiary/aromatic N) is 1. The minimum atomic E-state index is -3.57. The van der Waals surface area contributed by atoms with Gasteiger partial charge in [-0.2, -0.15) is 4.31 Å². The number of anilines is 1. The Morgan fingerprint density at radius 1 is 1.23 bits per heavy atom. The molecule has 0 atom stereocenters. The molecule has 7 heteroatoms. The van der Waals surface area contributed by atoms with E-state index in [9.17, 15) is 13.2 Å². The van der Waals surface area contributed by atoms with Crippen molar-refractivity contribution in [1.82, 2.24) is 4.31 Å². The number of ether oxygens (including phenoxy) is 1. The average molecular weight is 376 g/mol. The first-order chi connectivity index (χ1) is 12.5. The Balaban J connectivity index is 2.18. The van der Waals surface area contributed by atoms with E-state index in [2.05, 4.69) is 17.3 Å². The van der Waals surface area contributed by atoms with Crippen molar-refractivity contribution in [3.63, 3.8) is 0 Å². The Hall–Kier alpha value is -2.30.